The number of amides is 1. The molecule has 2 rings (SSSR count). The van der Waals surface area contributed by atoms with Crippen LogP contribution in [0.3, 0.4) is 0 Å². The lowest BCUT2D eigenvalue weighted by Crippen LogP contribution is -2.40. The molecule has 2 heterocycles. The SMILES string of the molecule is O=C(O)CCC1CCCN(C(=O)c2cscn2)C1. The summed E-state index contributed by atoms with van der Waals surface area (Å²) in [4.78, 5) is 28.5. The molecule has 1 aliphatic heterocycles. The van der Waals surface area contributed by atoms with E-state index in [4.69, 9.17) is 5.11 Å². The standard InChI is InChI=1S/C12H16N2O3S/c15-11(16)4-3-9-2-1-5-14(6-9)12(17)10-7-18-8-13-10/h7-9H,1-6H2,(H,15,16). The first-order valence-electron chi connectivity index (χ1n) is 6.06. The fourth-order valence-corrected chi connectivity index (χ4v) is 2.82. The Morgan fingerprint density at radius 1 is 1.56 bits per heavy atom. The van der Waals surface area contributed by atoms with E-state index in [2.05, 4.69) is 4.98 Å². The summed E-state index contributed by atoms with van der Waals surface area (Å²) in [5.74, 6) is -0.494. The molecule has 1 amide bonds. The molecular formula is C12H16N2O3S. The number of aliphatic carboxylic acids is 1. The zero-order chi connectivity index (χ0) is 13.0. The smallest absolute Gasteiger partial charge is 0.303 e. The first-order chi connectivity index (χ1) is 8.66. The predicted octanol–water partition coefficient (Wildman–Crippen LogP) is 1.86. The van der Waals surface area contributed by atoms with Gasteiger partial charge in [-0.3, -0.25) is 9.59 Å². The monoisotopic (exact) mass is 268 g/mol. The Bertz CT molecular complexity index is 419. The Labute approximate surface area is 109 Å². The molecule has 1 unspecified atom stereocenters. The number of likely N-dealkylation sites (tertiary alicyclic amines) is 1. The summed E-state index contributed by atoms with van der Waals surface area (Å²) >= 11 is 1.41. The van der Waals surface area contributed by atoms with Crippen molar-refractivity contribution in [1.82, 2.24) is 9.88 Å². The summed E-state index contributed by atoms with van der Waals surface area (Å²) in [5, 5.41) is 10.4. The van der Waals surface area contributed by atoms with Gasteiger partial charge in [0.1, 0.15) is 5.69 Å². The maximum absolute atomic E-state index is 12.1. The van der Waals surface area contributed by atoms with Crippen LogP contribution in [0, 0.1) is 5.92 Å². The largest absolute Gasteiger partial charge is 0.481 e. The van der Waals surface area contributed by atoms with E-state index < -0.39 is 5.97 Å². The average molecular weight is 268 g/mol. The van der Waals surface area contributed by atoms with Gasteiger partial charge in [0.05, 0.1) is 5.51 Å². The normalized spacial score (nSPS) is 19.8. The second-order valence-corrected chi connectivity index (χ2v) is 5.28. The van der Waals surface area contributed by atoms with Gasteiger partial charge in [0.15, 0.2) is 0 Å². The number of rotatable bonds is 4. The lowest BCUT2D eigenvalue weighted by atomic mass is 9.93. The van der Waals surface area contributed by atoms with Crippen LogP contribution in [0.4, 0.5) is 0 Å². The molecule has 1 aromatic rings. The van der Waals surface area contributed by atoms with E-state index in [1.54, 1.807) is 15.8 Å². The van der Waals surface area contributed by atoms with E-state index >= 15 is 0 Å². The van der Waals surface area contributed by atoms with E-state index in [9.17, 15) is 9.59 Å². The van der Waals surface area contributed by atoms with Crippen LogP contribution in [0.15, 0.2) is 10.9 Å². The van der Waals surface area contributed by atoms with Crippen molar-refractivity contribution in [3.05, 3.63) is 16.6 Å². The van der Waals surface area contributed by atoms with Crippen LogP contribution in [-0.4, -0.2) is 40.0 Å². The summed E-state index contributed by atoms with van der Waals surface area (Å²) in [5.41, 5.74) is 2.15. The molecular weight excluding hydrogens is 252 g/mol. The number of aromatic nitrogens is 1. The Balaban J connectivity index is 1.90. The fourth-order valence-electron chi connectivity index (χ4n) is 2.29. The van der Waals surface area contributed by atoms with Gasteiger partial charge in [-0.2, -0.15) is 0 Å². The van der Waals surface area contributed by atoms with Crippen molar-refractivity contribution in [2.75, 3.05) is 13.1 Å². The van der Waals surface area contributed by atoms with Crippen molar-refractivity contribution < 1.29 is 14.7 Å². The van der Waals surface area contributed by atoms with Gasteiger partial charge in [0, 0.05) is 24.9 Å². The fraction of sp³-hybridized carbons (Fsp3) is 0.583. The molecule has 1 fully saturated rings. The Morgan fingerprint density at radius 2 is 2.39 bits per heavy atom. The summed E-state index contributed by atoms with van der Waals surface area (Å²) in [6, 6.07) is 0. The highest BCUT2D eigenvalue weighted by atomic mass is 32.1. The molecule has 1 saturated heterocycles. The van der Waals surface area contributed by atoms with Crippen molar-refractivity contribution in [3.63, 3.8) is 0 Å². The van der Waals surface area contributed by atoms with Crippen LogP contribution >= 0.6 is 11.3 Å². The third kappa shape index (κ3) is 3.29. The summed E-state index contributed by atoms with van der Waals surface area (Å²) < 4.78 is 0. The number of hydrogen-bond acceptors (Lipinski definition) is 4. The van der Waals surface area contributed by atoms with Crippen molar-refractivity contribution in [3.8, 4) is 0 Å². The molecule has 1 aromatic heterocycles. The van der Waals surface area contributed by atoms with E-state index in [1.165, 1.54) is 11.3 Å². The van der Waals surface area contributed by atoms with Crippen LogP contribution < -0.4 is 0 Å². The first kappa shape index (κ1) is 13.0. The van der Waals surface area contributed by atoms with Gasteiger partial charge in [-0.15, -0.1) is 11.3 Å². The lowest BCUT2D eigenvalue weighted by molar-refractivity contribution is -0.137. The number of carboxylic acid groups (broad SMARTS) is 1. The van der Waals surface area contributed by atoms with E-state index in [0.717, 1.165) is 19.4 Å². The molecule has 0 saturated carbocycles. The number of carbonyl (C=O) groups is 2. The van der Waals surface area contributed by atoms with Crippen LogP contribution in [0.25, 0.3) is 0 Å². The molecule has 1 N–H and O–H groups in total. The van der Waals surface area contributed by atoms with E-state index in [1.807, 2.05) is 0 Å². The van der Waals surface area contributed by atoms with Gasteiger partial charge in [0.2, 0.25) is 0 Å². The molecule has 0 bridgehead atoms. The topological polar surface area (TPSA) is 70.5 Å². The van der Waals surface area contributed by atoms with Crippen molar-refractivity contribution >= 4 is 23.2 Å². The quantitative estimate of drug-likeness (QED) is 0.904. The average Bonchev–Trinajstić information content (AvgIpc) is 2.89. The molecule has 5 nitrogen and oxygen atoms in total. The van der Waals surface area contributed by atoms with Crippen molar-refractivity contribution in [1.29, 1.82) is 0 Å². The molecule has 0 aromatic carbocycles. The van der Waals surface area contributed by atoms with Crippen LogP contribution in [0.2, 0.25) is 0 Å². The number of carbonyl (C=O) groups excluding carboxylic acids is 1. The predicted molar refractivity (Wildman–Crippen MR) is 67.6 cm³/mol. The molecule has 6 heteroatoms. The molecule has 0 radical (unpaired) electrons. The lowest BCUT2D eigenvalue weighted by Gasteiger charge is -2.32. The van der Waals surface area contributed by atoms with Crippen LogP contribution in [0.5, 0.6) is 0 Å². The second-order valence-electron chi connectivity index (χ2n) is 4.57. The highest BCUT2D eigenvalue weighted by Crippen LogP contribution is 2.22. The Hall–Kier alpha value is -1.43. The van der Waals surface area contributed by atoms with Crippen molar-refractivity contribution in [2.24, 2.45) is 5.92 Å². The number of carboxylic acids is 1. The van der Waals surface area contributed by atoms with Crippen LogP contribution in [-0.2, 0) is 4.79 Å². The number of piperidine rings is 1. The van der Waals surface area contributed by atoms with Crippen molar-refractivity contribution in [2.45, 2.75) is 25.7 Å². The third-order valence-electron chi connectivity index (χ3n) is 3.22. The van der Waals surface area contributed by atoms with E-state index in [-0.39, 0.29) is 12.3 Å². The zero-order valence-corrected chi connectivity index (χ0v) is 10.9. The van der Waals surface area contributed by atoms with Gasteiger partial charge in [-0.25, -0.2) is 4.98 Å². The minimum absolute atomic E-state index is 0.0312. The first-order valence-corrected chi connectivity index (χ1v) is 7.00. The molecule has 98 valence electrons. The molecule has 18 heavy (non-hydrogen) atoms. The third-order valence-corrected chi connectivity index (χ3v) is 3.81. The number of nitrogens with zero attached hydrogens (tertiary/aromatic N) is 2. The summed E-state index contributed by atoms with van der Waals surface area (Å²) in [6.07, 6.45) is 2.79. The van der Waals surface area contributed by atoms with Gasteiger partial charge < -0.3 is 10.0 Å². The molecule has 0 aliphatic carbocycles. The van der Waals surface area contributed by atoms with E-state index in [0.29, 0.717) is 24.6 Å². The minimum Gasteiger partial charge on any atom is -0.481 e. The number of hydrogen-bond donors (Lipinski definition) is 1. The number of thiazole rings is 1. The van der Waals surface area contributed by atoms with Gasteiger partial charge in [-0.1, -0.05) is 0 Å². The van der Waals surface area contributed by atoms with Gasteiger partial charge >= 0.3 is 5.97 Å². The maximum Gasteiger partial charge on any atom is 0.303 e. The Kier molecular flexibility index (Phi) is 4.30. The second kappa shape index (κ2) is 5.95. The van der Waals surface area contributed by atoms with Gasteiger partial charge in [0.25, 0.3) is 5.91 Å². The molecule has 0 spiro atoms. The van der Waals surface area contributed by atoms with Gasteiger partial charge in [-0.05, 0) is 25.2 Å². The maximum atomic E-state index is 12.1. The highest BCUT2D eigenvalue weighted by Gasteiger charge is 2.25. The molecule has 1 atom stereocenters. The summed E-state index contributed by atoms with van der Waals surface area (Å²) in [7, 11) is 0. The Morgan fingerprint density at radius 3 is 3.06 bits per heavy atom. The molecule has 1 aliphatic rings. The highest BCUT2D eigenvalue weighted by molar-refractivity contribution is 7.07. The van der Waals surface area contributed by atoms with Crippen LogP contribution in [0.1, 0.15) is 36.2 Å². The zero-order valence-electron chi connectivity index (χ0n) is 10.0. The minimum atomic E-state index is -0.766. The summed E-state index contributed by atoms with van der Waals surface area (Å²) in [6.45, 7) is 1.41.